The summed E-state index contributed by atoms with van der Waals surface area (Å²) in [5.41, 5.74) is 1.71. The molecule has 2 rings (SSSR count). The van der Waals surface area contributed by atoms with Gasteiger partial charge in [-0.3, -0.25) is 0 Å². The first-order valence-corrected chi connectivity index (χ1v) is 8.40. The van der Waals surface area contributed by atoms with Gasteiger partial charge in [0, 0.05) is 18.2 Å². The molecule has 0 amide bonds. The molecule has 1 heterocycles. The van der Waals surface area contributed by atoms with E-state index in [1.165, 1.54) is 24.8 Å². The van der Waals surface area contributed by atoms with Gasteiger partial charge in [0.2, 0.25) is 0 Å². The molecular weight excluding hydrogens is 260 g/mol. The maximum Gasteiger partial charge on any atom is 0.134 e. The molecule has 2 N–H and O–H groups in total. The van der Waals surface area contributed by atoms with E-state index in [0.717, 1.165) is 37.4 Å². The van der Waals surface area contributed by atoms with Gasteiger partial charge in [0.05, 0.1) is 0 Å². The van der Waals surface area contributed by atoms with E-state index in [2.05, 4.69) is 48.3 Å². The SMILES string of the molecule is CCCNc1ncnc(NC2CCC(C)(C)C2)c1CCC. The van der Waals surface area contributed by atoms with Gasteiger partial charge in [-0.25, -0.2) is 9.97 Å². The molecule has 1 aliphatic carbocycles. The zero-order valence-electron chi connectivity index (χ0n) is 14.0. The molecule has 1 fully saturated rings. The molecule has 21 heavy (non-hydrogen) atoms. The monoisotopic (exact) mass is 290 g/mol. The van der Waals surface area contributed by atoms with Crippen molar-refractivity contribution < 1.29 is 0 Å². The van der Waals surface area contributed by atoms with Crippen molar-refractivity contribution in [2.24, 2.45) is 5.41 Å². The van der Waals surface area contributed by atoms with Crippen LogP contribution in [0.1, 0.15) is 65.4 Å². The lowest BCUT2D eigenvalue weighted by atomic mass is 9.92. The summed E-state index contributed by atoms with van der Waals surface area (Å²) in [6.45, 7) is 10.1. The number of nitrogens with one attached hydrogen (secondary N) is 2. The highest BCUT2D eigenvalue weighted by Gasteiger charge is 2.31. The summed E-state index contributed by atoms with van der Waals surface area (Å²) >= 11 is 0. The average Bonchev–Trinajstić information content (AvgIpc) is 2.78. The van der Waals surface area contributed by atoms with E-state index in [4.69, 9.17) is 0 Å². The second-order valence-corrected chi connectivity index (χ2v) is 6.97. The second kappa shape index (κ2) is 7.10. The normalized spacial score (nSPS) is 20.5. The fourth-order valence-corrected chi connectivity index (χ4v) is 3.17. The Morgan fingerprint density at radius 1 is 1.19 bits per heavy atom. The quantitative estimate of drug-likeness (QED) is 0.788. The minimum Gasteiger partial charge on any atom is -0.370 e. The Morgan fingerprint density at radius 3 is 2.57 bits per heavy atom. The van der Waals surface area contributed by atoms with Crippen LogP contribution in [0.2, 0.25) is 0 Å². The lowest BCUT2D eigenvalue weighted by molar-refractivity contribution is 0.378. The van der Waals surface area contributed by atoms with Gasteiger partial charge in [0.1, 0.15) is 18.0 Å². The molecule has 0 aromatic carbocycles. The number of hydrogen-bond donors (Lipinski definition) is 2. The molecule has 0 radical (unpaired) electrons. The van der Waals surface area contributed by atoms with Gasteiger partial charge in [0.15, 0.2) is 0 Å². The minimum atomic E-state index is 0.457. The van der Waals surface area contributed by atoms with E-state index in [-0.39, 0.29) is 0 Å². The zero-order chi connectivity index (χ0) is 15.3. The van der Waals surface area contributed by atoms with Crippen LogP contribution in [-0.2, 0) is 6.42 Å². The third-order valence-electron chi connectivity index (χ3n) is 4.30. The highest BCUT2D eigenvalue weighted by molar-refractivity contribution is 5.58. The Bertz CT molecular complexity index is 456. The van der Waals surface area contributed by atoms with Crippen LogP contribution in [0.5, 0.6) is 0 Å². The van der Waals surface area contributed by atoms with Crippen molar-refractivity contribution in [1.29, 1.82) is 0 Å². The van der Waals surface area contributed by atoms with E-state index >= 15 is 0 Å². The largest absolute Gasteiger partial charge is 0.370 e. The predicted octanol–water partition coefficient (Wildman–Crippen LogP) is 4.24. The Hall–Kier alpha value is -1.32. The molecule has 0 bridgehead atoms. The third kappa shape index (κ3) is 4.32. The maximum atomic E-state index is 4.52. The van der Waals surface area contributed by atoms with E-state index < -0.39 is 0 Å². The van der Waals surface area contributed by atoms with Crippen LogP contribution in [0.15, 0.2) is 6.33 Å². The molecule has 0 aliphatic heterocycles. The summed E-state index contributed by atoms with van der Waals surface area (Å²) in [6, 6.07) is 0.546. The highest BCUT2D eigenvalue weighted by atomic mass is 15.1. The molecule has 1 unspecified atom stereocenters. The van der Waals surface area contributed by atoms with Crippen LogP contribution in [-0.4, -0.2) is 22.6 Å². The van der Waals surface area contributed by atoms with E-state index in [1.807, 2.05) is 0 Å². The summed E-state index contributed by atoms with van der Waals surface area (Å²) in [6.07, 6.45) is 8.67. The fraction of sp³-hybridized carbons (Fsp3) is 0.765. The van der Waals surface area contributed by atoms with E-state index in [9.17, 15) is 0 Å². The molecule has 1 aromatic heterocycles. The first-order chi connectivity index (χ1) is 10.1. The Kier molecular flexibility index (Phi) is 5.43. The number of hydrogen-bond acceptors (Lipinski definition) is 4. The van der Waals surface area contributed by atoms with Crippen molar-refractivity contribution in [3.8, 4) is 0 Å². The molecule has 4 nitrogen and oxygen atoms in total. The summed E-state index contributed by atoms with van der Waals surface area (Å²) in [5.74, 6) is 2.04. The van der Waals surface area contributed by atoms with Gasteiger partial charge in [-0.15, -0.1) is 0 Å². The Morgan fingerprint density at radius 2 is 1.95 bits per heavy atom. The molecule has 1 saturated carbocycles. The number of rotatable bonds is 7. The van der Waals surface area contributed by atoms with Gasteiger partial charge >= 0.3 is 0 Å². The van der Waals surface area contributed by atoms with Crippen molar-refractivity contribution in [1.82, 2.24) is 9.97 Å². The Balaban J connectivity index is 2.14. The van der Waals surface area contributed by atoms with Gasteiger partial charge < -0.3 is 10.6 Å². The predicted molar refractivity (Wildman–Crippen MR) is 89.9 cm³/mol. The van der Waals surface area contributed by atoms with Gasteiger partial charge in [-0.05, 0) is 37.5 Å². The number of anilines is 2. The van der Waals surface area contributed by atoms with Gasteiger partial charge in [-0.1, -0.05) is 34.1 Å². The van der Waals surface area contributed by atoms with Crippen LogP contribution in [0.3, 0.4) is 0 Å². The van der Waals surface area contributed by atoms with Crippen molar-refractivity contribution in [3.63, 3.8) is 0 Å². The summed E-state index contributed by atoms with van der Waals surface area (Å²) in [5, 5.41) is 7.11. The van der Waals surface area contributed by atoms with Crippen molar-refractivity contribution in [2.45, 2.75) is 72.3 Å². The molecule has 118 valence electrons. The lowest BCUT2D eigenvalue weighted by Gasteiger charge is -2.20. The van der Waals surface area contributed by atoms with Gasteiger partial charge in [-0.2, -0.15) is 0 Å². The minimum absolute atomic E-state index is 0.457. The smallest absolute Gasteiger partial charge is 0.134 e. The fourth-order valence-electron chi connectivity index (χ4n) is 3.17. The third-order valence-corrected chi connectivity index (χ3v) is 4.30. The molecule has 4 heteroatoms. The molecule has 1 aromatic rings. The standard InChI is InChI=1S/C17H30N4/c1-5-7-14-15(18-10-6-2)19-12-20-16(14)21-13-8-9-17(3,4)11-13/h12-13H,5-11H2,1-4H3,(H2,18,19,20,21). The first-order valence-electron chi connectivity index (χ1n) is 8.40. The summed E-state index contributed by atoms with van der Waals surface area (Å²) < 4.78 is 0. The second-order valence-electron chi connectivity index (χ2n) is 6.97. The molecule has 0 spiro atoms. The summed E-state index contributed by atoms with van der Waals surface area (Å²) in [4.78, 5) is 8.95. The van der Waals surface area contributed by atoms with Crippen LogP contribution < -0.4 is 10.6 Å². The lowest BCUT2D eigenvalue weighted by Crippen LogP contribution is -2.20. The van der Waals surface area contributed by atoms with Crippen LogP contribution in [0.4, 0.5) is 11.6 Å². The first kappa shape index (κ1) is 16.1. The Labute approximate surface area is 129 Å². The van der Waals surface area contributed by atoms with Crippen molar-refractivity contribution >= 4 is 11.6 Å². The van der Waals surface area contributed by atoms with Crippen molar-refractivity contribution in [2.75, 3.05) is 17.2 Å². The van der Waals surface area contributed by atoms with Crippen LogP contribution in [0, 0.1) is 5.41 Å². The van der Waals surface area contributed by atoms with Crippen molar-refractivity contribution in [3.05, 3.63) is 11.9 Å². The van der Waals surface area contributed by atoms with Crippen LogP contribution in [0.25, 0.3) is 0 Å². The molecule has 0 saturated heterocycles. The maximum absolute atomic E-state index is 4.52. The van der Waals surface area contributed by atoms with E-state index in [0.29, 0.717) is 11.5 Å². The zero-order valence-corrected chi connectivity index (χ0v) is 14.0. The summed E-state index contributed by atoms with van der Waals surface area (Å²) in [7, 11) is 0. The van der Waals surface area contributed by atoms with E-state index in [1.54, 1.807) is 6.33 Å². The van der Waals surface area contributed by atoms with Gasteiger partial charge in [0.25, 0.3) is 0 Å². The highest BCUT2D eigenvalue weighted by Crippen LogP contribution is 2.38. The average molecular weight is 290 g/mol. The molecule has 1 atom stereocenters. The molecule has 1 aliphatic rings. The number of nitrogens with zero attached hydrogens (tertiary/aromatic N) is 2. The number of aromatic nitrogens is 2. The van der Waals surface area contributed by atoms with Crippen LogP contribution >= 0.6 is 0 Å². The molecular formula is C17H30N4. The topological polar surface area (TPSA) is 49.8 Å².